The van der Waals surface area contributed by atoms with Crippen molar-refractivity contribution in [2.24, 2.45) is 0 Å². The SMILES string of the molecule is C/C=C\c1ccc(OCC(=O)OC)c(OC)c1. The summed E-state index contributed by atoms with van der Waals surface area (Å²) in [6, 6.07) is 5.48. The summed E-state index contributed by atoms with van der Waals surface area (Å²) >= 11 is 0. The molecule has 0 aliphatic heterocycles. The Morgan fingerprint density at radius 2 is 2.06 bits per heavy atom. The van der Waals surface area contributed by atoms with E-state index in [2.05, 4.69) is 4.74 Å². The summed E-state index contributed by atoms with van der Waals surface area (Å²) in [6.07, 6.45) is 3.89. The molecule has 1 aromatic carbocycles. The maximum Gasteiger partial charge on any atom is 0.343 e. The summed E-state index contributed by atoms with van der Waals surface area (Å²) in [6.45, 7) is 1.81. The molecule has 0 spiro atoms. The van der Waals surface area contributed by atoms with E-state index in [1.807, 2.05) is 31.2 Å². The van der Waals surface area contributed by atoms with Gasteiger partial charge in [-0.1, -0.05) is 18.2 Å². The lowest BCUT2D eigenvalue weighted by Gasteiger charge is -2.10. The number of ether oxygens (including phenoxy) is 3. The van der Waals surface area contributed by atoms with Gasteiger partial charge in [-0.15, -0.1) is 0 Å². The van der Waals surface area contributed by atoms with E-state index in [1.165, 1.54) is 7.11 Å². The van der Waals surface area contributed by atoms with Gasteiger partial charge in [-0.3, -0.25) is 0 Å². The number of hydrogen-bond donors (Lipinski definition) is 0. The van der Waals surface area contributed by atoms with E-state index < -0.39 is 5.97 Å². The first kappa shape index (κ1) is 13.1. The van der Waals surface area contributed by atoms with Crippen molar-refractivity contribution in [3.8, 4) is 11.5 Å². The van der Waals surface area contributed by atoms with Crippen LogP contribution in [0.25, 0.3) is 6.08 Å². The minimum absolute atomic E-state index is 0.129. The highest BCUT2D eigenvalue weighted by Gasteiger charge is 2.07. The van der Waals surface area contributed by atoms with Crippen LogP contribution in [0, 0.1) is 0 Å². The van der Waals surface area contributed by atoms with Crippen molar-refractivity contribution >= 4 is 12.0 Å². The molecule has 0 aliphatic carbocycles. The van der Waals surface area contributed by atoms with Gasteiger partial charge in [0.25, 0.3) is 0 Å². The fourth-order valence-electron chi connectivity index (χ4n) is 1.30. The maximum absolute atomic E-state index is 11.0. The Balaban J connectivity index is 2.81. The smallest absolute Gasteiger partial charge is 0.343 e. The monoisotopic (exact) mass is 236 g/mol. The van der Waals surface area contributed by atoms with Crippen LogP contribution in [0.2, 0.25) is 0 Å². The Morgan fingerprint density at radius 3 is 2.65 bits per heavy atom. The van der Waals surface area contributed by atoms with Gasteiger partial charge in [0.05, 0.1) is 14.2 Å². The van der Waals surface area contributed by atoms with Crippen LogP contribution in [0.1, 0.15) is 12.5 Å². The van der Waals surface area contributed by atoms with E-state index in [9.17, 15) is 4.79 Å². The number of hydrogen-bond acceptors (Lipinski definition) is 4. The normalized spacial score (nSPS) is 10.3. The summed E-state index contributed by atoms with van der Waals surface area (Å²) in [5.41, 5.74) is 1.01. The number of rotatable bonds is 5. The first-order valence-corrected chi connectivity index (χ1v) is 5.21. The van der Waals surface area contributed by atoms with Crippen molar-refractivity contribution in [1.82, 2.24) is 0 Å². The Hall–Kier alpha value is -1.97. The lowest BCUT2D eigenvalue weighted by atomic mass is 10.2. The van der Waals surface area contributed by atoms with Crippen LogP contribution in [0.15, 0.2) is 24.3 Å². The molecule has 0 heterocycles. The molecule has 0 saturated carbocycles. The van der Waals surface area contributed by atoms with E-state index in [0.717, 1.165) is 5.56 Å². The number of carbonyl (C=O) groups is 1. The van der Waals surface area contributed by atoms with Crippen molar-refractivity contribution in [3.05, 3.63) is 29.8 Å². The van der Waals surface area contributed by atoms with E-state index in [1.54, 1.807) is 13.2 Å². The van der Waals surface area contributed by atoms with Crippen LogP contribution in [0.4, 0.5) is 0 Å². The molecule has 17 heavy (non-hydrogen) atoms. The summed E-state index contributed by atoms with van der Waals surface area (Å²) < 4.78 is 15.0. The second-order valence-corrected chi connectivity index (χ2v) is 3.28. The molecular formula is C13H16O4. The Labute approximate surface area is 101 Å². The number of esters is 1. The van der Waals surface area contributed by atoms with Crippen molar-refractivity contribution in [2.45, 2.75) is 6.92 Å². The third kappa shape index (κ3) is 3.83. The summed E-state index contributed by atoms with van der Waals surface area (Å²) in [5.74, 6) is 0.681. The Bertz CT molecular complexity index is 410. The van der Waals surface area contributed by atoms with E-state index in [0.29, 0.717) is 11.5 Å². The van der Waals surface area contributed by atoms with Gasteiger partial charge < -0.3 is 14.2 Å². The molecule has 0 fully saturated rings. The van der Waals surface area contributed by atoms with Gasteiger partial charge in [0.1, 0.15) is 0 Å². The van der Waals surface area contributed by atoms with Crippen molar-refractivity contribution in [2.75, 3.05) is 20.8 Å². The number of benzene rings is 1. The topological polar surface area (TPSA) is 44.8 Å². The standard InChI is InChI=1S/C13H16O4/c1-4-5-10-6-7-11(12(8-10)15-2)17-9-13(14)16-3/h4-8H,9H2,1-3H3/b5-4-. The highest BCUT2D eigenvalue weighted by Crippen LogP contribution is 2.28. The molecule has 0 unspecified atom stereocenters. The van der Waals surface area contributed by atoms with Crippen LogP contribution in [-0.4, -0.2) is 26.8 Å². The molecule has 0 aliphatic rings. The highest BCUT2D eigenvalue weighted by molar-refractivity contribution is 5.71. The Kier molecular flexibility index (Phi) is 5.07. The average Bonchev–Trinajstić information content (AvgIpc) is 2.36. The van der Waals surface area contributed by atoms with Gasteiger partial charge in [0.2, 0.25) is 0 Å². The van der Waals surface area contributed by atoms with Gasteiger partial charge in [0, 0.05) is 0 Å². The average molecular weight is 236 g/mol. The molecule has 1 aromatic rings. The maximum atomic E-state index is 11.0. The van der Waals surface area contributed by atoms with Gasteiger partial charge in [-0.2, -0.15) is 0 Å². The number of carbonyl (C=O) groups excluding carboxylic acids is 1. The molecule has 0 amide bonds. The minimum atomic E-state index is -0.426. The van der Waals surface area contributed by atoms with E-state index in [-0.39, 0.29) is 6.61 Å². The third-order valence-electron chi connectivity index (χ3n) is 2.12. The van der Waals surface area contributed by atoms with Gasteiger partial charge in [-0.05, 0) is 24.6 Å². The molecule has 92 valence electrons. The first-order valence-electron chi connectivity index (χ1n) is 5.21. The van der Waals surface area contributed by atoms with E-state index in [4.69, 9.17) is 9.47 Å². The molecule has 0 aromatic heterocycles. The molecule has 0 N–H and O–H groups in total. The predicted octanol–water partition coefficient (Wildman–Crippen LogP) is 2.28. The summed E-state index contributed by atoms with van der Waals surface area (Å²) in [7, 11) is 2.87. The van der Waals surface area contributed by atoms with Crippen LogP contribution in [-0.2, 0) is 9.53 Å². The summed E-state index contributed by atoms with van der Waals surface area (Å²) in [4.78, 5) is 11.0. The quantitative estimate of drug-likeness (QED) is 0.736. The molecule has 4 heteroatoms. The second kappa shape index (κ2) is 6.58. The lowest BCUT2D eigenvalue weighted by molar-refractivity contribution is -0.142. The van der Waals surface area contributed by atoms with E-state index >= 15 is 0 Å². The van der Waals surface area contributed by atoms with Crippen LogP contribution >= 0.6 is 0 Å². The molecule has 0 radical (unpaired) electrons. The van der Waals surface area contributed by atoms with Crippen molar-refractivity contribution in [1.29, 1.82) is 0 Å². The molecule has 0 atom stereocenters. The highest BCUT2D eigenvalue weighted by atomic mass is 16.6. The van der Waals surface area contributed by atoms with Crippen molar-refractivity contribution in [3.63, 3.8) is 0 Å². The predicted molar refractivity (Wildman–Crippen MR) is 65.2 cm³/mol. The Morgan fingerprint density at radius 1 is 1.29 bits per heavy atom. The largest absolute Gasteiger partial charge is 0.493 e. The minimum Gasteiger partial charge on any atom is -0.493 e. The van der Waals surface area contributed by atoms with Crippen LogP contribution < -0.4 is 9.47 Å². The second-order valence-electron chi connectivity index (χ2n) is 3.28. The molecule has 4 nitrogen and oxygen atoms in total. The molecular weight excluding hydrogens is 220 g/mol. The molecule has 0 bridgehead atoms. The van der Waals surface area contributed by atoms with Gasteiger partial charge >= 0.3 is 5.97 Å². The zero-order chi connectivity index (χ0) is 12.7. The fourth-order valence-corrected chi connectivity index (χ4v) is 1.30. The molecule has 1 rings (SSSR count). The number of methoxy groups -OCH3 is 2. The van der Waals surface area contributed by atoms with Crippen molar-refractivity contribution < 1.29 is 19.0 Å². The van der Waals surface area contributed by atoms with Crippen LogP contribution in [0.5, 0.6) is 11.5 Å². The summed E-state index contributed by atoms with van der Waals surface area (Å²) in [5, 5.41) is 0. The van der Waals surface area contributed by atoms with Gasteiger partial charge in [0.15, 0.2) is 18.1 Å². The fraction of sp³-hybridized carbons (Fsp3) is 0.308. The first-order chi connectivity index (χ1) is 8.21. The molecule has 0 saturated heterocycles. The zero-order valence-electron chi connectivity index (χ0n) is 10.2. The van der Waals surface area contributed by atoms with Crippen LogP contribution in [0.3, 0.4) is 0 Å². The van der Waals surface area contributed by atoms with Gasteiger partial charge in [-0.25, -0.2) is 4.79 Å². The third-order valence-corrected chi connectivity index (χ3v) is 2.12. The zero-order valence-corrected chi connectivity index (χ0v) is 10.2. The lowest BCUT2D eigenvalue weighted by Crippen LogP contribution is -2.12. The number of allylic oxidation sites excluding steroid dienone is 1.